The number of halogens is 2. The molecule has 1 fully saturated rings. The molecule has 5 heteroatoms. The molecule has 0 amide bonds. The Bertz CT molecular complexity index is 1550. The zero-order valence-electron chi connectivity index (χ0n) is 24.6. The van der Waals surface area contributed by atoms with Gasteiger partial charge in [-0.25, -0.2) is 0 Å². The van der Waals surface area contributed by atoms with Gasteiger partial charge in [-0.05, 0) is 0 Å². The third-order valence-corrected chi connectivity index (χ3v) is 32.8. The maximum atomic E-state index is 5.43. The van der Waals surface area contributed by atoms with Crippen LogP contribution in [-0.4, -0.2) is 14.2 Å². The Kier molecular flexibility index (Phi) is 8.95. The summed E-state index contributed by atoms with van der Waals surface area (Å²) in [4.78, 5) is 0. The van der Waals surface area contributed by atoms with Gasteiger partial charge in [0.05, 0.1) is 0 Å². The van der Waals surface area contributed by atoms with Crippen molar-refractivity contribution in [3.8, 4) is 33.8 Å². The van der Waals surface area contributed by atoms with Crippen LogP contribution in [0.5, 0.6) is 11.5 Å². The predicted octanol–water partition coefficient (Wildman–Crippen LogP) is 4.06. The second kappa shape index (κ2) is 12.2. The van der Waals surface area contributed by atoms with E-state index in [-0.39, 0.29) is 24.8 Å². The summed E-state index contributed by atoms with van der Waals surface area (Å²) in [6.07, 6.45) is 6.46. The summed E-state index contributed by atoms with van der Waals surface area (Å²) in [5.74, 6) is 1.81. The third-order valence-electron chi connectivity index (χ3n) is 9.79. The Balaban J connectivity index is 0.00000176. The molecule has 4 aromatic carbocycles. The van der Waals surface area contributed by atoms with E-state index in [9.17, 15) is 0 Å². The van der Waals surface area contributed by atoms with Crippen molar-refractivity contribution in [2.24, 2.45) is 0 Å². The van der Waals surface area contributed by atoms with Gasteiger partial charge in [0.2, 0.25) is 0 Å². The van der Waals surface area contributed by atoms with Gasteiger partial charge in [0.25, 0.3) is 0 Å². The average Bonchev–Trinajstić information content (AvgIpc) is 3.49. The first kappa shape index (κ1) is 30.9. The normalized spacial score (nSPS) is 18.5. The molecule has 2 atom stereocenters. The maximum absolute atomic E-state index is 5.43. The van der Waals surface area contributed by atoms with Gasteiger partial charge >= 0.3 is 244 Å². The number of benzene rings is 4. The van der Waals surface area contributed by atoms with Gasteiger partial charge in [-0.3, -0.25) is 0 Å². The van der Waals surface area contributed by atoms with E-state index in [1.54, 1.807) is 36.5 Å². The molecule has 0 N–H and O–H groups in total. The van der Waals surface area contributed by atoms with Gasteiger partial charge in [-0.2, -0.15) is 0 Å². The van der Waals surface area contributed by atoms with Gasteiger partial charge < -0.3 is 24.8 Å². The van der Waals surface area contributed by atoms with Crippen LogP contribution in [0.2, 0.25) is 8.35 Å². The SMILES string of the molecule is COc1ccc(-c2cccc3c2C=C(C)[CH]3[Hf+2]2([CH]3C(C)=Cc4c(-c5ccc(OC)cc5)cccc43)[CH2]C[CH2]2)cc1.[Cl-].[Cl-]. The van der Waals surface area contributed by atoms with E-state index in [0.29, 0.717) is 7.35 Å². The van der Waals surface area contributed by atoms with Crippen molar-refractivity contribution in [3.05, 3.63) is 118 Å². The molecule has 2 unspecified atom stereocenters. The van der Waals surface area contributed by atoms with Crippen molar-refractivity contribution >= 4 is 12.2 Å². The van der Waals surface area contributed by atoms with Crippen LogP contribution in [-0.2, 0) is 20.0 Å². The van der Waals surface area contributed by atoms with Crippen LogP contribution in [0.25, 0.3) is 34.4 Å². The minimum absolute atomic E-state index is 0. The topological polar surface area (TPSA) is 18.5 Å². The fraction of sp³-hybridized carbons (Fsp3) is 0.243. The van der Waals surface area contributed by atoms with E-state index in [2.05, 4.69) is 111 Å². The summed E-state index contributed by atoms with van der Waals surface area (Å²) in [5, 5.41) is 0. The number of hydrogen-bond donors (Lipinski definition) is 0. The Morgan fingerprint density at radius 2 is 0.976 bits per heavy atom. The molecule has 3 aliphatic rings. The van der Waals surface area contributed by atoms with Gasteiger partial charge in [0, 0.05) is 0 Å². The zero-order chi connectivity index (χ0) is 27.4. The summed E-state index contributed by atoms with van der Waals surface area (Å²) < 4.78 is 15.1. The van der Waals surface area contributed by atoms with E-state index in [0.717, 1.165) is 11.5 Å². The van der Waals surface area contributed by atoms with Gasteiger partial charge in [-0.1, -0.05) is 0 Å². The standard InChI is InChI=1S/2C17H15O.C3H6.2ClH.Hf/c2*1-12-10-14-4-3-5-16(17(14)11-12)13-6-8-15(18-2)9-7-13;1-3-2;;;/h2*3-11H,1-2H3;1-3H2;2*1H;/q;;;;;+2/p-2. The number of fused-ring (bicyclic) bond motifs is 2. The largest absolute Gasteiger partial charge is 1.00 e. The minimum Gasteiger partial charge on any atom is -1.00 e. The number of rotatable bonds is 6. The molecule has 0 saturated carbocycles. The van der Waals surface area contributed by atoms with Crippen molar-refractivity contribution in [2.75, 3.05) is 14.2 Å². The second-order valence-electron chi connectivity index (χ2n) is 11.8. The van der Waals surface area contributed by atoms with Crippen molar-refractivity contribution in [2.45, 2.75) is 36.0 Å². The summed E-state index contributed by atoms with van der Waals surface area (Å²) in [6, 6.07) is 31.2. The molecule has 1 heterocycles. The van der Waals surface area contributed by atoms with Crippen molar-refractivity contribution in [1.82, 2.24) is 0 Å². The molecule has 0 radical (unpaired) electrons. The fourth-order valence-corrected chi connectivity index (χ4v) is 30.9. The molecule has 1 aliphatic heterocycles. The molecule has 7 rings (SSSR count). The number of ether oxygens (including phenoxy) is 2. The molecule has 2 nitrogen and oxygen atoms in total. The summed E-state index contributed by atoms with van der Waals surface area (Å²) in [5.41, 5.74) is 14.5. The van der Waals surface area contributed by atoms with Crippen LogP contribution in [0.3, 0.4) is 0 Å². The first-order valence-corrected chi connectivity index (χ1v) is 23.7. The van der Waals surface area contributed by atoms with Crippen LogP contribution in [0.1, 0.15) is 49.9 Å². The predicted molar refractivity (Wildman–Crippen MR) is 164 cm³/mol. The van der Waals surface area contributed by atoms with Crippen LogP contribution in [0.4, 0.5) is 0 Å². The van der Waals surface area contributed by atoms with E-state index >= 15 is 0 Å². The van der Waals surface area contributed by atoms with Gasteiger partial charge in [0.1, 0.15) is 0 Å². The summed E-state index contributed by atoms with van der Waals surface area (Å²) in [6.45, 7) is 4.84. The minimum atomic E-state index is -2.94. The quantitative estimate of drug-likeness (QED) is 0.277. The number of hydrogen-bond acceptors (Lipinski definition) is 2. The first-order valence-electron chi connectivity index (χ1n) is 14.4. The molecule has 0 spiro atoms. The van der Waals surface area contributed by atoms with Crippen LogP contribution < -0.4 is 34.3 Å². The molecule has 0 aromatic heterocycles. The van der Waals surface area contributed by atoms with Crippen molar-refractivity contribution < 1.29 is 54.3 Å². The molecule has 2 aliphatic carbocycles. The van der Waals surface area contributed by atoms with E-state index in [4.69, 9.17) is 9.47 Å². The van der Waals surface area contributed by atoms with E-state index < -0.39 is 20.0 Å². The summed E-state index contributed by atoms with van der Waals surface area (Å²) >= 11 is -2.94. The smallest absolute Gasteiger partial charge is 1.00 e. The van der Waals surface area contributed by atoms with Gasteiger partial charge in [-0.15, -0.1) is 0 Å². The Morgan fingerprint density at radius 3 is 1.31 bits per heavy atom. The van der Waals surface area contributed by atoms with Crippen molar-refractivity contribution in [1.29, 1.82) is 0 Å². The monoisotopic (exact) mass is 762 g/mol. The fourth-order valence-electron chi connectivity index (χ4n) is 8.00. The van der Waals surface area contributed by atoms with Crippen LogP contribution in [0, 0.1) is 0 Å². The van der Waals surface area contributed by atoms with Crippen molar-refractivity contribution in [3.63, 3.8) is 0 Å². The Labute approximate surface area is 267 Å². The zero-order valence-corrected chi connectivity index (χ0v) is 29.7. The molecule has 0 bridgehead atoms. The summed E-state index contributed by atoms with van der Waals surface area (Å²) in [7, 11) is 3.46. The van der Waals surface area contributed by atoms with Gasteiger partial charge in [0.15, 0.2) is 0 Å². The number of methoxy groups -OCH3 is 2. The van der Waals surface area contributed by atoms with Crippen LogP contribution in [0.15, 0.2) is 96.1 Å². The molecule has 1 saturated heterocycles. The second-order valence-corrected chi connectivity index (χ2v) is 28.4. The average molecular weight is 762 g/mol. The van der Waals surface area contributed by atoms with E-state index in [1.165, 1.54) is 48.2 Å². The molecular weight excluding hydrogens is 726 g/mol. The third kappa shape index (κ3) is 4.82. The molecular formula is C37H36Cl2HfO2. The van der Waals surface area contributed by atoms with E-state index in [1.807, 2.05) is 0 Å². The van der Waals surface area contributed by atoms with Crippen LogP contribution >= 0.6 is 0 Å². The Hall–Kier alpha value is -2.59. The number of allylic oxidation sites excluding steroid dienone is 2. The first-order chi connectivity index (χ1) is 19.5. The molecule has 214 valence electrons. The maximum Gasteiger partial charge on any atom is -1.00 e. The Morgan fingerprint density at radius 1 is 0.571 bits per heavy atom. The molecule has 4 aromatic rings. The molecule has 42 heavy (non-hydrogen) atoms.